The molecule has 0 radical (unpaired) electrons. The van der Waals surface area contributed by atoms with E-state index in [1.807, 2.05) is 60.4 Å². The maximum absolute atomic E-state index is 12.3. The molecule has 1 aliphatic heterocycles. The molecule has 2 aromatic carbocycles. The van der Waals surface area contributed by atoms with E-state index in [2.05, 4.69) is 11.4 Å². The molecule has 1 heterocycles. The highest BCUT2D eigenvalue weighted by Crippen LogP contribution is 2.41. The summed E-state index contributed by atoms with van der Waals surface area (Å²) in [7, 11) is 0. The van der Waals surface area contributed by atoms with E-state index >= 15 is 0 Å². The van der Waals surface area contributed by atoms with Crippen LogP contribution >= 0.6 is 11.8 Å². The van der Waals surface area contributed by atoms with Crippen LogP contribution in [0.3, 0.4) is 0 Å². The number of ether oxygens (including phenoxy) is 1. The van der Waals surface area contributed by atoms with Crippen LogP contribution in [-0.2, 0) is 6.61 Å². The van der Waals surface area contributed by atoms with Gasteiger partial charge in [-0.1, -0.05) is 48.5 Å². The first-order valence-electron chi connectivity index (χ1n) is 8.21. The van der Waals surface area contributed by atoms with Gasteiger partial charge in [-0.3, -0.25) is 0 Å². The zero-order valence-corrected chi connectivity index (χ0v) is 14.6. The highest BCUT2D eigenvalue weighted by Gasteiger charge is 2.32. The van der Waals surface area contributed by atoms with Gasteiger partial charge < -0.3 is 15.0 Å². The summed E-state index contributed by atoms with van der Waals surface area (Å²) < 4.78 is 6.05. The Balaban J connectivity index is 1.77. The molecule has 4 nitrogen and oxygen atoms in total. The van der Waals surface area contributed by atoms with Crippen molar-refractivity contribution >= 4 is 17.8 Å². The van der Waals surface area contributed by atoms with Crippen LogP contribution in [-0.4, -0.2) is 29.8 Å². The topological polar surface area (TPSA) is 41.6 Å². The zero-order valence-electron chi connectivity index (χ0n) is 13.8. The summed E-state index contributed by atoms with van der Waals surface area (Å²) >= 11 is 1.78. The summed E-state index contributed by atoms with van der Waals surface area (Å²) in [6.45, 7) is 3.86. The molecule has 0 bridgehead atoms. The van der Waals surface area contributed by atoms with Crippen molar-refractivity contribution in [1.29, 1.82) is 0 Å². The highest BCUT2D eigenvalue weighted by molar-refractivity contribution is 7.99. The molecule has 2 amide bonds. The molecule has 1 saturated heterocycles. The quantitative estimate of drug-likeness (QED) is 0.891. The summed E-state index contributed by atoms with van der Waals surface area (Å²) in [5, 5.41) is 2.90. The fourth-order valence-electron chi connectivity index (χ4n) is 2.74. The van der Waals surface area contributed by atoms with Crippen molar-refractivity contribution in [1.82, 2.24) is 10.2 Å². The fourth-order valence-corrected chi connectivity index (χ4v) is 4.02. The van der Waals surface area contributed by atoms with Gasteiger partial charge in [-0.2, -0.15) is 0 Å². The van der Waals surface area contributed by atoms with E-state index in [4.69, 9.17) is 4.74 Å². The summed E-state index contributed by atoms with van der Waals surface area (Å²) in [5.74, 6) is 1.78. The van der Waals surface area contributed by atoms with Gasteiger partial charge in [-0.15, -0.1) is 11.8 Å². The Kier molecular flexibility index (Phi) is 5.64. The van der Waals surface area contributed by atoms with Crippen molar-refractivity contribution in [2.75, 3.05) is 18.8 Å². The standard InChI is InChI=1S/C19H22N2O2S/c1-2-20-19(22)21-12-13-24-18(21)16-10-6-7-11-17(16)23-14-15-8-4-3-5-9-15/h3-11,18H,2,12-14H2,1H3,(H,20,22)/t18-/m0/s1. The van der Waals surface area contributed by atoms with Crippen LogP contribution < -0.4 is 10.1 Å². The Hall–Kier alpha value is -2.14. The summed E-state index contributed by atoms with van der Waals surface area (Å²) in [4.78, 5) is 14.2. The number of amides is 2. The molecule has 2 aromatic rings. The molecule has 1 N–H and O–H groups in total. The van der Waals surface area contributed by atoms with Gasteiger partial charge in [-0.25, -0.2) is 4.79 Å². The van der Waals surface area contributed by atoms with Crippen LogP contribution in [0.2, 0.25) is 0 Å². The van der Waals surface area contributed by atoms with E-state index in [-0.39, 0.29) is 11.4 Å². The minimum Gasteiger partial charge on any atom is -0.489 e. The molecule has 0 saturated carbocycles. The second-order valence-electron chi connectivity index (χ2n) is 5.56. The van der Waals surface area contributed by atoms with Gasteiger partial charge in [-0.05, 0) is 18.6 Å². The third-order valence-corrected chi connectivity index (χ3v) is 5.14. The van der Waals surface area contributed by atoms with E-state index in [0.717, 1.165) is 29.2 Å². The first kappa shape index (κ1) is 16.7. The van der Waals surface area contributed by atoms with Crippen molar-refractivity contribution < 1.29 is 9.53 Å². The lowest BCUT2D eigenvalue weighted by Gasteiger charge is -2.25. The number of thioether (sulfide) groups is 1. The normalized spacial score (nSPS) is 16.9. The van der Waals surface area contributed by atoms with Crippen LogP contribution in [0.5, 0.6) is 5.75 Å². The number of carbonyl (C=O) groups excluding carboxylic acids is 1. The molecule has 0 aliphatic carbocycles. The lowest BCUT2D eigenvalue weighted by Crippen LogP contribution is -2.39. The molecular formula is C19H22N2O2S. The van der Waals surface area contributed by atoms with Crippen molar-refractivity contribution in [3.8, 4) is 5.75 Å². The number of hydrogen-bond donors (Lipinski definition) is 1. The van der Waals surface area contributed by atoms with Crippen LogP contribution in [0.4, 0.5) is 4.79 Å². The van der Waals surface area contributed by atoms with Gasteiger partial charge in [0.05, 0.1) is 0 Å². The van der Waals surface area contributed by atoms with Gasteiger partial charge in [0.1, 0.15) is 17.7 Å². The number of hydrogen-bond acceptors (Lipinski definition) is 3. The van der Waals surface area contributed by atoms with Gasteiger partial charge in [0.25, 0.3) is 0 Å². The highest BCUT2D eigenvalue weighted by atomic mass is 32.2. The minimum absolute atomic E-state index is 0.00326. The van der Waals surface area contributed by atoms with Crippen LogP contribution in [0.15, 0.2) is 54.6 Å². The summed E-state index contributed by atoms with van der Waals surface area (Å²) in [5.41, 5.74) is 2.19. The number of carbonyl (C=O) groups is 1. The average Bonchev–Trinajstić information content (AvgIpc) is 3.11. The second-order valence-corrected chi connectivity index (χ2v) is 6.75. The first-order valence-corrected chi connectivity index (χ1v) is 9.26. The molecule has 0 unspecified atom stereocenters. The number of nitrogens with zero attached hydrogens (tertiary/aromatic N) is 1. The van der Waals surface area contributed by atoms with Gasteiger partial charge in [0, 0.05) is 24.4 Å². The van der Waals surface area contributed by atoms with Crippen LogP contribution in [0.1, 0.15) is 23.4 Å². The van der Waals surface area contributed by atoms with E-state index < -0.39 is 0 Å². The maximum atomic E-state index is 12.3. The summed E-state index contributed by atoms with van der Waals surface area (Å²) in [6.07, 6.45) is 0. The monoisotopic (exact) mass is 342 g/mol. The predicted octanol–water partition coefficient (Wildman–Crippen LogP) is 4.04. The lowest BCUT2D eigenvalue weighted by atomic mass is 10.2. The Bertz CT molecular complexity index is 678. The Morgan fingerprint density at radius 2 is 1.96 bits per heavy atom. The number of urea groups is 1. The molecule has 1 aliphatic rings. The molecule has 1 fully saturated rings. The van der Waals surface area contributed by atoms with Crippen LogP contribution in [0, 0.1) is 0 Å². The minimum atomic E-state index is -0.00892. The second kappa shape index (κ2) is 8.11. The molecule has 24 heavy (non-hydrogen) atoms. The molecular weight excluding hydrogens is 320 g/mol. The Morgan fingerprint density at radius 1 is 1.21 bits per heavy atom. The molecule has 1 atom stereocenters. The molecule has 0 aromatic heterocycles. The molecule has 0 spiro atoms. The van der Waals surface area contributed by atoms with E-state index in [1.54, 1.807) is 11.8 Å². The van der Waals surface area contributed by atoms with Gasteiger partial charge in [0.15, 0.2) is 0 Å². The number of benzene rings is 2. The van der Waals surface area contributed by atoms with Crippen molar-refractivity contribution in [3.63, 3.8) is 0 Å². The predicted molar refractivity (Wildman–Crippen MR) is 98.2 cm³/mol. The Morgan fingerprint density at radius 3 is 2.75 bits per heavy atom. The van der Waals surface area contributed by atoms with Gasteiger partial charge in [0.2, 0.25) is 0 Å². The van der Waals surface area contributed by atoms with Gasteiger partial charge >= 0.3 is 6.03 Å². The third kappa shape index (κ3) is 3.85. The molecule has 5 heteroatoms. The summed E-state index contributed by atoms with van der Waals surface area (Å²) in [6, 6.07) is 18.1. The lowest BCUT2D eigenvalue weighted by molar-refractivity contribution is 0.199. The number of nitrogens with one attached hydrogen (secondary N) is 1. The van der Waals surface area contributed by atoms with Crippen molar-refractivity contribution in [3.05, 3.63) is 65.7 Å². The van der Waals surface area contributed by atoms with E-state index in [0.29, 0.717) is 13.2 Å². The van der Waals surface area contributed by atoms with Crippen LogP contribution in [0.25, 0.3) is 0 Å². The Labute approximate surface area is 147 Å². The molecule has 3 rings (SSSR count). The zero-order chi connectivity index (χ0) is 16.8. The van der Waals surface area contributed by atoms with E-state index in [9.17, 15) is 4.79 Å². The fraction of sp³-hybridized carbons (Fsp3) is 0.316. The van der Waals surface area contributed by atoms with E-state index in [1.165, 1.54) is 0 Å². The smallest absolute Gasteiger partial charge is 0.318 e. The number of para-hydroxylation sites is 1. The van der Waals surface area contributed by atoms with Crippen molar-refractivity contribution in [2.45, 2.75) is 18.9 Å². The first-order chi connectivity index (χ1) is 11.8. The maximum Gasteiger partial charge on any atom is 0.318 e. The third-order valence-electron chi connectivity index (χ3n) is 3.90. The largest absolute Gasteiger partial charge is 0.489 e. The average molecular weight is 342 g/mol. The van der Waals surface area contributed by atoms with Crippen molar-refractivity contribution in [2.24, 2.45) is 0 Å². The number of rotatable bonds is 5. The molecule has 126 valence electrons. The SMILES string of the molecule is CCNC(=O)N1CCS[C@H]1c1ccccc1OCc1ccccc1.